The van der Waals surface area contributed by atoms with Crippen molar-refractivity contribution in [3.05, 3.63) is 90.6 Å². The number of H-pyrrole nitrogens is 1. The molecule has 150 valence electrons. The van der Waals surface area contributed by atoms with Crippen molar-refractivity contribution in [3.63, 3.8) is 0 Å². The highest BCUT2D eigenvalue weighted by Crippen LogP contribution is 2.33. The van der Waals surface area contributed by atoms with Crippen LogP contribution in [0.15, 0.2) is 79.3 Å². The summed E-state index contributed by atoms with van der Waals surface area (Å²) in [5.41, 5.74) is 7.38. The van der Waals surface area contributed by atoms with Crippen LogP contribution in [-0.4, -0.2) is 24.5 Å². The van der Waals surface area contributed by atoms with Gasteiger partial charge in [0.1, 0.15) is 17.0 Å². The van der Waals surface area contributed by atoms with E-state index in [1.54, 1.807) is 0 Å². The van der Waals surface area contributed by atoms with Gasteiger partial charge in [-0.3, -0.25) is 4.98 Å². The summed E-state index contributed by atoms with van der Waals surface area (Å²) in [6.07, 6.45) is 5.72. The second-order valence-corrected chi connectivity index (χ2v) is 7.98. The van der Waals surface area contributed by atoms with Crippen LogP contribution in [0.3, 0.4) is 0 Å². The van der Waals surface area contributed by atoms with Crippen molar-refractivity contribution in [2.45, 2.75) is 19.9 Å². The van der Waals surface area contributed by atoms with Crippen LogP contribution in [0.5, 0.6) is 0 Å². The molecule has 0 aliphatic carbocycles. The highest BCUT2D eigenvalue weighted by Gasteiger charge is 2.18. The average molecular weight is 403 g/mol. The maximum atomic E-state index is 4.83. The second-order valence-electron chi connectivity index (χ2n) is 7.98. The van der Waals surface area contributed by atoms with E-state index in [0.29, 0.717) is 0 Å². The zero-order valence-corrected chi connectivity index (χ0v) is 17.4. The van der Waals surface area contributed by atoms with E-state index in [0.717, 1.165) is 49.9 Å². The number of aromatic nitrogens is 5. The molecule has 6 rings (SSSR count). The van der Waals surface area contributed by atoms with E-state index in [1.807, 2.05) is 24.7 Å². The molecule has 31 heavy (non-hydrogen) atoms. The van der Waals surface area contributed by atoms with Gasteiger partial charge in [-0.05, 0) is 49.2 Å². The summed E-state index contributed by atoms with van der Waals surface area (Å²) in [6.45, 7) is 4.29. The van der Waals surface area contributed by atoms with Gasteiger partial charge in [0.15, 0.2) is 0 Å². The van der Waals surface area contributed by atoms with Gasteiger partial charge in [0.25, 0.3) is 0 Å². The maximum Gasteiger partial charge on any atom is 0.137 e. The van der Waals surface area contributed by atoms with Gasteiger partial charge >= 0.3 is 0 Å². The second kappa shape index (κ2) is 6.77. The topological polar surface area (TPSA) is 59.4 Å². The highest BCUT2D eigenvalue weighted by atomic mass is 15.1. The normalized spacial score (nSPS) is 12.7. The van der Waals surface area contributed by atoms with Crippen LogP contribution in [0.2, 0.25) is 0 Å². The fraction of sp³-hybridized carbons (Fsp3) is 0.115. The zero-order valence-electron chi connectivity index (χ0n) is 17.4. The Hall–Kier alpha value is -3.99. The van der Waals surface area contributed by atoms with Gasteiger partial charge in [-0.2, -0.15) is 0 Å². The van der Waals surface area contributed by atoms with Crippen molar-refractivity contribution in [1.82, 2.24) is 24.5 Å². The quantitative estimate of drug-likeness (QED) is 0.391. The number of rotatable bonds is 3. The summed E-state index contributed by atoms with van der Waals surface area (Å²) < 4.78 is 2.33. The largest absolute Gasteiger partial charge is 0.346 e. The molecule has 0 bridgehead atoms. The van der Waals surface area contributed by atoms with Crippen molar-refractivity contribution in [3.8, 4) is 11.1 Å². The monoisotopic (exact) mass is 403 g/mol. The molecule has 1 N–H and O–H groups in total. The first kappa shape index (κ1) is 17.8. The number of nitrogens with one attached hydrogen (secondary N) is 1. The minimum Gasteiger partial charge on any atom is -0.346 e. The molecular weight excluding hydrogens is 382 g/mol. The van der Waals surface area contributed by atoms with Crippen molar-refractivity contribution in [1.29, 1.82) is 0 Å². The molecule has 4 aromatic heterocycles. The Balaban J connectivity index is 1.60. The Morgan fingerprint density at radius 2 is 1.74 bits per heavy atom. The van der Waals surface area contributed by atoms with Gasteiger partial charge < -0.3 is 9.55 Å². The number of fused-ring (bicyclic) bond motifs is 4. The molecule has 1 atom stereocenters. The van der Waals surface area contributed by atoms with Crippen LogP contribution >= 0.6 is 0 Å². The molecule has 0 saturated heterocycles. The van der Waals surface area contributed by atoms with Gasteiger partial charge in [-0.1, -0.05) is 36.4 Å². The van der Waals surface area contributed by atoms with Gasteiger partial charge in [0, 0.05) is 28.7 Å². The molecule has 0 spiro atoms. The molecule has 6 aromatic rings. The summed E-state index contributed by atoms with van der Waals surface area (Å²) in [7, 11) is 0. The summed E-state index contributed by atoms with van der Waals surface area (Å²) in [5, 5.41) is 2.21. The molecule has 0 saturated carbocycles. The lowest BCUT2D eigenvalue weighted by Gasteiger charge is -2.18. The zero-order chi connectivity index (χ0) is 20.9. The first-order chi connectivity index (χ1) is 15.2. The van der Waals surface area contributed by atoms with E-state index in [2.05, 4.69) is 88.0 Å². The average Bonchev–Trinajstić information content (AvgIpc) is 3.42. The SMILES string of the molecule is Cc1nc2cnc3ccc(-c4cnc5[nH]ccc5c4)cc3c2n1[C@H](C)c1ccccc1. The first-order valence-corrected chi connectivity index (χ1v) is 10.4. The molecule has 2 aromatic carbocycles. The van der Waals surface area contributed by atoms with Gasteiger partial charge in [-0.25, -0.2) is 9.97 Å². The highest BCUT2D eigenvalue weighted by molar-refractivity contribution is 6.04. The molecule has 0 aliphatic heterocycles. The summed E-state index contributed by atoms with van der Waals surface area (Å²) in [5.74, 6) is 0.987. The van der Waals surface area contributed by atoms with E-state index in [1.165, 1.54) is 5.56 Å². The molecular formula is C26H21N5. The Labute approximate surface area is 179 Å². The van der Waals surface area contributed by atoms with Crippen LogP contribution in [0.4, 0.5) is 0 Å². The van der Waals surface area contributed by atoms with Crippen molar-refractivity contribution in [2.75, 3.05) is 0 Å². The Bertz CT molecular complexity index is 1560. The molecule has 0 aliphatic rings. The Morgan fingerprint density at radius 3 is 2.61 bits per heavy atom. The third kappa shape index (κ3) is 2.81. The first-order valence-electron chi connectivity index (χ1n) is 10.4. The van der Waals surface area contributed by atoms with Crippen LogP contribution in [0, 0.1) is 6.92 Å². The summed E-state index contributed by atoms with van der Waals surface area (Å²) in [4.78, 5) is 17.2. The van der Waals surface area contributed by atoms with Crippen molar-refractivity contribution < 1.29 is 0 Å². The number of hydrogen-bond donors (Lipinski definition) is 1. The standard InChI is InChI=1S/C26H21N5/c1-16(18-6-4-3-5-7-18)31-17(2)30-24-15-28-23-9-8-19(13-22(23)25(24)31)21-12-20-10-11-27-26(20)29-14-21/h3-16H,1-2H3,(H,27,29)/t16-/m1/s1. The number of pyridine rings is 2. The van der Waals surface area contributed by atoms with Crippen molar-refractivity contribution >= 4 is 33.0 Å². The third-order valence-corrected chi connectivity index (χ3v) is 6.09. The predicted molar refractivity (Wildman–Crippen MR) is 125 cm³/mol. The minimum atomic E-state index is 0.165. The number of aryl methyl sites for hydroxylation is 1. The molecule has 0 unspecified atom stereocenters. The van der Waals surface area contributed by atoms with Crippen LogP contribution in [0.25, 0.3) is 44.1 Å². The number of nitrogens with zero attached hydrogens (tertiary/aromatic N) is 4. The van der Waals surface area contributed by atoms with E-state index in [4.69, 9.17) is 4.98 Å². The molecule has 4 heterocycles. The molecule has 0 fully saturated rings. The minimum absolute atomic E-state index is 0.165. The lowest BCUT2D eigenvalue weighted by atomic mass is 10.0. The molecule has 5 heteroatoms. The van der Waals surface area contributed by atoms with Crippen LogP contribution in [0.1, 0.15) is 24.4 Å². The Morgan fingerprint density at radius 1 is 0.871 bits per heavy atom. The van der Waals surface area contributed by atoms with Crippen LogP contribution < -0.4 is 0 Å². The number of hydrogen-bond acceptors (Lipinski definition) is 3. The lowest BCUT2D eigenvalue weighted by molar-refractivity contribution is 0.638. The van der Waals surface area contributed by atoms with E-state index >= 15 is 0 Å². The van der Waals surface area contributed by atoms with Crippen LogP contribution in [-0.2, 0) is 0 Å². The lowest BCUT2D eigenvalue weighted by Crippen LogP contribution is -2.08. The van der Waals surface area contributed by atoms with E-state index < -0.39 is 0 Å². The number of benzene rings is 2. The number of imidazole rings is 1. The number of aromatic amines is 1. The van der Waals surface area contributed by atoms with Gasteiger partial charge in [0.2, 0.25) is 0 Å². The molecule has 0 amide bonds. The smallest absolute Gasteiger partial charge is 0.137 e. The maximum absolute atomic E-state index is 4.83. The molecule has 5 nitrogen and oxygen atoms in total. The van der Waals surface area contributed by atoms with Gasteiger partial charge in [0.05, 0.1) is 23.3 Å². The third-order valence-electron chi connectivity index (χ3n) is 6.09. The predicted octanol–water partition coefficient (Wildman–Crippen LogP) is 6.05. The fourth-order valence-electron chi connectivity index (χ4n) is 4.52. The summed E-state index contributed by atoms with van der Waals surface area (Å²) >= 11 is 0. The van der Waals surface area contributed by atoms with Crippen molar-refractivity contribution in [2.24, 2.45) is 0 Å². The van der Waals surface area contributed by atoms with Gasteiger partial charge in [-0.15, -0.1) is 0 Å². The Kier molecular flexibility index (Phi) is 3.90. The van der Waals surface area contributed by atoms with E-state index in [-0.39, 0.29) is 6.04 Å². The summed E-state index contributed by atoms with van der Waals surface area (Å²) in [6, 6.07) is 21.4. The fourth-order valence-corrected chi connectivity index (χ4v) is 4.52. The molecule has 0 radical (unpaired) electrons. The van der Waals surface area contributed by atoms with E-state index in [9.17, 15) is 0 Å².